The summed E-state index contributed by atoms with van der Waals surface area (Å²) in [5.74, 6) is 1.09. The van der Waals surface area contributed by atoms with Crippen LogP contribution in [0.3, 0.4) is 0 Å². The van der Waals surface area contributed by atoms with Crippen LogP contribution in [0.1, 0.15) is 38.3 Å². The maximum Gasteiger partial charge on any atom is 0.128 e. The molecule has 0 radical (unpaired) electrons. The number of hydrogen-bond acceptors (Lipinski definition) is 4. The Morgan fingerprint density at radius 2 is 2.21 bits per heavy atom. The summed E-state index contributed by atoms with van der Waals surface area (Å²) in [6.07, 6.45) is 4.27. The van der Waals surface area contributed by atoms with Gasteiger partial charge in [-0.1, -0.05) is 13.0 Å². The molecule has 0 spiro atoms. The number of aromatic nitrogens is 1. The number of pyridine rings is 1. The van der Waals surface area contributed by atoms with E-state index >= 15 is 0 Å². The third kappa shape index (κ3) is 3.45. The molecule has 0 saturated carbocycles. The third-order valence-corrected chi connectivity index (χ3v) is 3.96. The van der Waals surface area contributed by atoms with Crippen LogP contribution < -0.4 is 10.6 Å². The Kier molecular flexibility index (Phi) is 4.77. The summed E-state index contributed by atoms with van der Waals surface area (Å²) >= 11 is 0. The van der Waals surface area contributed by atoms with Crippen molar-refractivity contribution in [2.75, 3.05) is 31.6 Å². The van der Waals surface area contributed by atoms with E-state index < -0.39 is 0 Å². The highest BCUT2D eigenvalue weighted by molar-refractivity contribution is 5.41. The van der Waals surface area contributed by atoms with Crippen LogP contribution >= 0.6 is 0 Å². The Morgan fingerprint density at radius 3 is 2.79 bits per heavy atom. The average Bonchev–Trinajstić information content (AvgIpc) is 2.60. The van der Waals surface area contributed by atoms with E-state index in [0.29, 0.717) is 6.04 Å². The van der Waals surface area contributed by atoms with Gasteiger partial charge < -0.3 is 15.5 Å². The number of hydrogen-bond donors (Lipinski definition) is 1. The lowest BCUT2D eigenvalue weighted by Gasteiger charge is -2.31. The second kappa shape index (κ2) is 6.35. The van der Waals surface area contributed by atoms with Gasteiger partial charge in [0, 0.05) is 31.4 Å². The summed E-state index contributed by atoms with van der Waals surface area (Å²) in [6.45, 7) is 7.63. The van der Waals surface area contributed by atoms with Crippen LogP contribution in [0.5, 0.6) is 0 Å². The van der Waals surface area contributed by atoms with Gasteiger partial charge in [-0.2, -0.15) is 0 Å². The maximum absolute atomic E-state index is 5.88. The molecule has 2 N–H and O–H groups in total. The van der Waals surface area contributed by atoms with E-state index in [1.165, 1.54) is 13.0 Å². The van der Waals surface area contributed by atoms with Crippen molar-refractivity contribution in [3.63, 3.8) is 0 Å². The van der Waals surface area contributed by atoms with E-state index in [1.54, 1.807) is 0 Å². The standard InChI is InChI=1S/C15H26N4/c1-4-14-11-18(3)8-5-9-19(14)15-7-6-13(10-17-15)12(2)16/h6-7,10,12,14H,4-5,8-9,11,16H2,1-3H3/t12-,14?/m0/s1. The number of likely N-dealkylation sites (N-methyl/N-ethyl adjacent to an activating group) is 1. The molecule has 0 amide bonds. The fraction of sp³-hybridized carbons (Fsp3) is 0.667. The Morgan fingerprint density at radius 1 is 1.42 bits per heavy atom. The summed E-state index contributed by atoms with van der Waals surface area (Å²) in [4.78, 5) is 9.49. The van der Waals surface area contributed by atoms with Crippen LogP contribution in [-0.2, 0) is 0 Å². The molecule has 4 nitrogen and oxygen atoms in total. The van der Waals surface area contributed by atoms with E-state index in [1.807, 2.05) is 13.1 Å². The average molecular weight is 262 g/mol. The van der Waals surface area contributed by atoms with Gasteiger partial charge in [0.05, 0.1) is 0 Å². The van der Waals surface area contributed by atoms with Gasteiger partial charge >= 0.3 is 0 Å². The summed E-state index contributed by atoms with van der Waals surface area (Å²) < 4.78 is 0. The topological polar surface area (TPSA) is 45.4 Å². The van der Waals surface area contributed by atoms with Crippen LogP contribution in [0.25, 0.3) is 0 Å². The van der Waals surface area contributed by atoms with Crippen LogP contribution in [0.15, 0.2) is 18.3 Å². The molecule has 0 aliphatic carbocycles. The fourth-order valence-corrected chi connectivity index (χ4v) is 2.73. The maximum atomic E-state index is 5.88. The molecule has 1 fully saturated rings. The number of nitrogens with two attached hydrogens (primary N) is 1. The number of nitrogens with zero attached hydrogens (tertiary/aromatic N) is 3. The molecule has 1 aliphatic rings. The van der Waals surface area contributed by atoms with Crippen molar-refractivity contribution in [2.24, 2.45) is 5.73 Å². The second-order valence-corrected chi connectivity index (χ2v) is 5.61. The van der Waals surface area contributed by atoms with Crippen molar-refractivity contribution in [3.8, 4) is 0 Å². The van der Waals surface area contributed by atoms with Gasteiger partial charge in [0.25, 0.3) is 0 Å². The first kappa shape index (κ1) is 14.3. The summed E-state index contributed by atoms with van der Waals surface area (Å²) in [5.41, 5.74) is 6.98. The zero-order chi connectivity index (χ0) is 13.8. The SMILES string of the molecule is CCC1CN(C)CCCN1c1ccc([C@H](C)N)cn1. The molecule has 1 aromatic heterocycles. The van der Waals surface area contributed by atoms with E-state index in [9.17, 15) is 0 Å². The molecule has 106 valence electrons. The minimum atomic E-state index is 0.0544. The van der Waals surface area contributed by atoms with Gasteiger partial charge in [0.2, 0.25) is 0 Å². The first-order valence-corrected chi connectivity index (χ1v) is 7.28. The van der Waals surface area contributed by atoms with E-state index in [2.05, 4.69) is 40.9 Å². The van der Waals surface area contributed by atoms with Crippen molar-refractivity contribution in [3.05, 3.63) is 23.9 Å². The zero-order valence-corrected chi connectivity index (χ0v) is 12.3. The molecule has 4 heteroatoms. The predicted octanol–water partition coefficient (Wildman–Crippen LogP) is 2.02. The lowest BCUT2D eigenvalue weighted by Crippen LogP contribution is -2.40. The van der Waals surface area contributed by atoms with Crippen molar-refractivity contribution in [1.29, 1.82) is 0 Å². The van der Waals surface area contributed by atoms with Gasteiger partial charge in [-0.25, -0.2) is 4.98 Å². The van der Waals surface area contributed by atoms with Crippen molar-refractivity contribution >= 4 is 5.82 Å². The van der Waals surface area contributed by atoms with E-state index in [4.69, 9.17) is 5.73 Å². The first-order chi connectivity index (χ1) is 9.11. The lowest BCUT2D eigenvalue weighted by atomic mass is 10.1. The van der Waals surface area contributed by atoms with Gasteiger partial charge in [0.1, 0.15) is 5.82 Å². The highest BCUT2D eigenvalue weighted by atomic mass is 15.3. The van der Waals surface area contributed by atoms with Crippen LogP contribution in [-0.4, -0.2) is 42.6 Å². The third-order valence-electron chi connectivity index (χ3n) is 3.96. The molecule has 1 aromatic rings. The van der Waals surface area contributed by atoms with Crippen LogP contribution in [0.4, 0.5) is 5.82 Å². The smallest absolute Gasteiger partial charge is 0.128 e. The van der Waals surface area contributed by atoms with E-state index in [-0.39, 0.29) is 6.04 Å². The van der Waals surface area contributed by atoms with Crippen molar-refractivity contribution < 1.29 is 0 Å². The lowest BCUT2D eigenvalue weighted by molar-refractivity contribution is 0.327. The highest BCUT2D eigenvalue weighted by Gasteiger charge is 2.22. The highest BCUT2D eigenvalue weighted by Crippen LogP contribution is 2.21. The Labute approximate surface area is 116 Å². The van der Waals surface area contributed by atoms with Gasteiger partial charge in [-0.05, 0) is 45.0 Å². The Bertz CT molecular complexity index is 388. The normalized spacial score (nSPS) is 23.2. The molecule has 19 heavy (non-hydrogen) atoms. The summed E-state index contributed by atoms with van der Waals surface area (Å²) in [5, 5.41) is 0. The Balaban J connectivity index is 2.17. The molecule has 1 aliphatic heterocycles. The molecular formula is C15H26N4. The largest absolute Gasteiger partial charge is 0.352 e. The second-order valence-electron chi connectivity index (χ2n) is 5.61. The summed E-state index contributed by atoms with van der Waals surface area (Å²) in [7, 11) is 2.21. The van der Waals surface area contributed by atoms with Crippen LogP contribution in [0.2, 0.25) is 0 Å². The molecule has 0 bridgehead atoms. The predicted molar refractivity (Wildman–Crippen MR) is 80.4 cm³/mol. The van der Waals surface area contributed by atoms with Crippen LogP contribution in [0, 0.1) is 0 Å². The number of rotatable bonds is 3. The molecule has 2 heterocycles. The molecule has 1 saturated heterocycles. The zero-order valence-electron chi connectivity index (χ0n) is 12.3. The van der Waals surface area contributed by atoms with Gasteiger partial charge in [-0.15, -0.1) is 0 Å². The molecule has 2 rings (SSSR count). The minimum absolute atomic E-state index is 0.0544. The van der Waals surface area contributed by atoms with Gasteiger partial charge in [-0.3, -0.25) is 0 Å². The molecular weight excluding hydrogens is 236 g/mol. The minimum Gasteiger partial charge on any atom is -0.352 e. The van der Waals surface area contributed by atoms with E-state index in [0.717, 1.165) is 30.9 Å². The van der Waals surface area contributed by atoms with Crippen molar-refractivity contribution in [1.82, 2.24) is 9.88 Å². The quantitative estimate of drug-likeness (QED) is 0.905. The van der Waals surface area contributed by atoms with Gasteiger partial charge in [0.15, 0.2) is 0 Å². The summed E-state index contributed by atoms with van der Waals surface area (Å²) in [6, 6.07) is 4.83. The Hall–Kier alpha value is -1.13. The molecule has 1 unspecified atom stereocenters. The first-order valence-electron chi connectivity index (χ1n) is 7.28. The molecule has 2 atom stereocenters. The molecule has 0 aromatic carbocycles. The fourth-order valence-electron chi connectivity index (χ4n) is 2.73. The monoisotopic (exact) mass is 262 g/mol. The number of anilines is 1. The van der Waals surface area contributed by atoms with Crippen molar-refractivity contribution in [2.45, 2.75) is 38.8 Å².